The van der Waals surface area contributed by atoms with E-state index >= 15 is 0 Å². The molecular formula is C26H16N2O2. The fraction of sp³-hybridized carbons (Fsp3) is 0. The molecule has 0 fully saturated rings. The number of benzene rings is 4. The highest BCUT2D eigenvalue weighted by molar-refractivity contribution is 6.33. The number of amides is 1. The zero-order valence-corrected chi connectivity index (χ0v) is 15.9. The number of aliphatic imine (C=N–C) groups is 1. The fourth-order valence-corrected chi connectivity index (χ4v) is 4.42. The largest absolute Gasteiger partial charge is 0.494 e. The summed E-state index contributed by atoms with van der Waals surface area (Å²) in [6.45, 7) is 0. The molecule has 0 bridgehead atoms. The van der Waals surface area contributed by atoms with Gasteiger partial charge in [-0.1, -0.05) is 84.9 Å². The second kappa shape index (κ2) is 6.16. The summed E-state index contributed by atoms with van der Waals surface area (Å²) >= 11 is 0. The molecule has 30 heavy (non-hydrogen) atoms. The van der Waals surface area contributed by atoms with Crippen molar-refractivity contribution in [3.63, 3.8) is 0 Å². The molecule has 0 aliphatic carbocycles. The van der Waals surface area contributed by atoms with Gasteiger partial charge in [0, 0.05) is 11.1 Å². The molecule has 5 aromatic rings. The minimum Gasteiger partial charge on any atom is -0.494 e. The Bertz CT molecular complexity index is 1510. The third-order valence-electron chi connectivity index (χ3n) is 5.75. The third kappa shape index (κ3) is 2.28. The lowest BCUT2D eigenvalue weighted by Crippen LogP contribution is -2.00. The van der Waals surface area contributed by atoms with Gasteiger partial charge in [0.15, 0.2) is 5.88 Å². The van der Waals surface area contributed by atoms with Gasteiger partial charge in [-0.2, -0.15) is 0 Å². The number of nitrogens with zero attached hydrogens (tertiary/aromatic N) is 1. The number of carbonyl (C=O) groups is 1. The predicted molar refractivity (Wildman–Crippen MR) is 119 cm³/mol. The van der Waals surface area contributed by atoms with Crippen LogP contribution in [0.15, 0.2) is 89.9 Å². The van der Waals surface area contributed by atoms with Crippen molar-refractivity contribution in [1.82, 2.24) is 4.98 Å². The van der Waals surface area contributed by atoms with Crippen molar-refractivity contribution >= 4 is 33.2 Å². The monoisotopic (exact) mass is 388 g/mol. The van der Waals surface area contributed by atoms with E-state index in [-0.39, 0.29) is 11.8 Å². The highest BCUT2D eigenvalue weighted by atomic mass is 16.3. The Labute approximate surface area is 172 Å². The lowest BCUT2D eigenvalue weighted by Gasteiger charge is -2.06. The van der Waals surface area contributed by atoms with Crippen LogP contribution in [0.4, 0.5) is 0 Å². The number of nitrogens with one attached hydrogen (secondary N) is 1. The molecule has 2 heterocycles. The summed E-state index contributed by atoms with van der Waals surface area (Å²) in [4.78, 5) is 20.4. The Kier molecular flexibility index (Phi) is 3.44. The number of hydrogen-bond acceptors (Lipinski definition) is 2. The lowest BCUT2D eigenvalue weighted by molar-refractivity contribution is 0.101. The van der Waals surface area contributed by atoms with Gasteiger partial charge >= 0.3 is 0 Å². The molecule has 1 amide bonds. The van der Waals surface area contributed by atoms with Gasteiger partial charge < -0.3 is 10.1 Å². The van der Waals surface area contributed by atoms with Crippen LogP contribution in [-0.2, 0) is 0 Å². The summed E-state index contributed by atoms with van der Waals surface area (Å²) in [6, 6.07) is 27.8. The van der Waals surface area contributed by atoms with E-state index in [4.69, 9.17) is 0 Å². The standard InChI is InChI=1S/C26H16N2O2/c29-25-21-22(24(28-25)20-14-6-10-16-8-2-4-12-18(16)20)26(30)27-23(21)19-13-5-9-15-7-1-3-11-17(15)19/h1-14,27,30H. The van der Waals surface area contributed by atoms with Gasteiger partial charge in [-0.3, -0.25) is 4.79 Å². The zero-order valence-electron chi connectivity index (χ0n) is 15.9. The van der Waals surface area contributed by atoms with Crippen molar-refractivity contribution < 1.29 is 9.90 Å². The highest BCUT2D eigenvalue weighted by Gasteiger charge is 2.34. The van der Waals surface area contributed by atoms with E-state index in [0.29, 0.717) is 22.5 Å². The van der Waals surface area contributed by atoms with Crippen LogP contribution in [0.25, 0.3) is 32.8 Å². The number of hydrogen-bond donors (Lipinski definition) is 2. The minimum atomic E-state index is -0.340. The van der Waals surface area contributed by atoms with Crippen LogP contribution in [0.5, 0.6) is 5.88 Å². The van der Waals surface area contributed by atoms with Crippen LogP contribution in [0.3, 0.4) is 0 Å². The summed E-state index contributed by atoms with van der Waals surface area (Å²) in [6.07, 6.45) is 0. The van der Waals surface area contributed by atoms with E-state index < -0.39 is 0 Å². The van der Waals surface area contributed by atoms with Gasteiger partial charge in [0.2, 0.25) is 0 Å². The molecule has 0 spiro atoms. The quantitative estimate of drug-likeness (QED) is 0.408. The summed E-state index contributed by atoms with van der Waals surface area (Å²) in [5.41, 5.74) is 3.70. The van der Waals surface area contributed by atoms with Crippen LogP contribution in [0.2, 0.25) is 0 Å². The van der Waals surface area contributed by atoms with Gasteiger partial charge in [-0.15, -0.1) is 0 Å². The zero-order chi connectivity index (χ0) is 20.2. The first-order valence-corrected chi connectivity index (χ1v) is 9.77. The van der Waals surface area contributed by atoms with Crippen molar-refractivity contribution in [1.29, 1.82) is 0 Å². The molecule has 1 aliphatic heterocycles. The number of aromatic hydroxyl groups is 1. The predicted octanol–water partition coefficient (Wildman–Crippen LogP) is 5.68. The molecule has 4 nitrogen and oxygen atoms in total. The molecule has 1 aromatic heterocycles. The summed E-state index contributed by atoms with van der Waals surface area (Å²) in [5, 5.41) is 14.9. The SMILES string of the molecule is O=C1N=C(c2cccc3ccccc23)c2c(O)[nH]c(-c3cccc4ccccc34)c21. The Morgan fingerprint density at radius 2 is 1.23 bits per heavy atom. The van der Waals surface area contributed by atoms with E-state index in [9.17, 15) is 9.90 Å². The number of rotatable bonds is 2. The van der Waals surface area contributed by atoms with Gasteiger partial charge in [-0.05, 0) is 21.5 Å². The number of H-pyrrole nitrogens is 1. The Morgan fingerprint density at radius 3 is 1.93 bits per heavy atom. The van der Waals surface area contributed by atoms with E-state index in [0.717, 1.165) is 32.7 Å². The summed E-state index contributed by atoms with van der Waals surface area (Å²) in [5.74, 6) is -0.377. The maximum atomic E-state index is 13.0. The maximum Gasteiger partial charge on any atom is 0.280 e. The van der Waals surface area contributed by atoms with Crippen molar-refractivity contribution in [3.05, 3.63) is 102 Å². The van der Waals surface area contributed by atoms with Crippen LogP contribution >= 0.6 is 0 Å². The number of carbonyl (C=O) groups excluding carboxylic acids is 1. The average molecular weight is 388 g/mol. The second-order valence-electron chi connectivity index (χ2n) is 7.42. The minimum absolute atomic E-state index is 0.0366. The molecular weight excluding hydrogens is 372 g/mol. The van der Waals surface area contributed by atoms with Crippen LogP contribution in [-0.4, -0.2) is 21.7 Å². The molecule has 4 aromatic carbocycles. The molecule has 0 saturated heterocycles. The van der Waals surface area contributed by atoms with E-state index in [1.54, 1.807) is 0 Å². The van der Waals surface area contributed by atoms with Crippen molar-refractivity contribution in [2.24, 2.45) is 4.99 Å². The van der Waals surface area contributed by atoms with Crippen molar-refractivity contribution in [2.75, 3.05) is 0 Å². The topological polar surface area (TPSA) is 65.4 Å². The van der Waals surface area contributed by atoms with Gasteiger partial charge in [-0.25, -0.2) is 4.99 Å². The normalized spacial score (nSPS) is 13.1. The molecule has 0 unspecified atom stereocenters. The molecule has 2 N–H and O–H groups in total. The molecule has 6 rings (SSSR count). The summed E-state index contributed by atoms with van der Waals surface area (Å²) in [7, 11) is 0. The lowest BCUT2D eigenvalue weighted by atomic mass is 9.95. The van der Waals surface area contributed by atoms with Crippen LogP contribution in [0, 0.1) is 0 Å². The molecule has 142 valence electrons. The van der Waals surface area contributed by atoms with E-state index in [1.807, 2.05) is 84.9 Å². The Morgan fingerprint density at radius 1 is 0.667 bits per heavy atom. The van der Waals surface area contributed by atoms with Crippen molar-refractivity contribution in [3.8, 4) is 17.1 Å². The molecule has 4 heteroatoms. The van der Waals surface area contributed by atoms with Crippen molar-refractivity contribution in [2.45, 2.75) is 0 Å². The van der Waals surface area contributed by atoms with Gasteiger partial charge in [0.25, 0.3) is 5.91 Å². The average Bonchev–Trinajstić information content (AvgIpc) is 3.31. The first kappa shape index (κ1) is 16.7. The Hall–Kier alpha value is -4.18. The first-order valence-electron chi connectivity index (χ1n) is 9.77. The molecule has 0 radical (unpaired) electrons. The number of aromatic amines is 1. The fourth-order valence-electron chi connectivity index (χ4n) is 4.42. The van der Waals surface area contributed by atoms with E-state index in [2.05, 4.69) is 9.98 Å². The highest BCUT2D eigenvalue weighted by Crippen LogP contribution is 2.40. The van der Waals surface area contributed by atoms with Crippen LogP contribution in [0.1, 0.15) is 21.5 Å². The van der Waals surface area contributed by atoms with E-state index in [1.165, 1.54) is 0 Å². The molecule has 0 saturated carbocycles. The molecule has 0 atom stereocenters. The molecule has 1 aliphatic rings. The number of aromatic nitrogens is 1. The third-order valence-corrected chi connectivity index (χ3v) is 5.75. The van der Waals surface area contributed by atoms with Gasteiger partial charge in [0.1, 0.15) is 0 Å². The number of fused-ring (bicyclic) bond motifs is 3. The second-order valence-corrected chi connectivity index (χ2v) is 7.42. The smallest absolute Gasteiger partial charge is 0.280 e. The summed E-state index contributed by atoms with van der Waals surface area (Å²) < 4.78 is 0. The van der Waals surface area contributed by atoms with Gasteiger partial charge in [0.05, 0.1) is 22.5 Å². The van der Waals surface area contributed by atoms with Crippen LogP contribution < -0.4 is 0 Å². The Balaban J connectivity index is 1.61. The first-order chi connectivity index (χ1) is 14.7. The maximum absolute atomic E-state index is 13.0.